The highest BCUT2D eigenvalue weighted by molar-refractivity contribution is 9.10. The first kappa shape index (κ1) is 15.2. The Hall–Kier alpha value is -2.22. The number of hydrogen-bond acceptors (Lipinski definition) is 4. The molecule has 0 atom stereocenters. The molecule has 0 fully saturated rings. The van der Waals surface area contributed by atoms with Crippen LogP contribution in [0.5, 0.6) is 0 Å². The molecule has 8 heteroatoms. The number of carbonyl (C=O) groups is 1. The molecular formula is C13H12BrFN4O2. The Labute approximate surface area is 127 Å². The lowest BCUT2D eigenvalue weighted by Gasteiger charge is -2.10. The zero-order chi connectivity index (χ0) is 15.6. The van der Waals surface area contributed by atoms with Crippen LogP contribution in [0.2, 0.25) is 0 Å². The van der Waals surface area contributed by atoms with E-state index in [2.05, 4.69) is 26.2 Å². The van der Waals surface area contributed by atoms with Crippen LogP contribution in [0.4, 0.5) is 15.8 Å². The Bertz CT molecular complexity index is 760. The first-order chi connectivity index (χ1) is 9.88. The van der Waals surface area contributed by atoms with Gasteiger partial charge >= 0.3 is 0 Å². The zero-order valence-electron chi connectivity index (χ0n) is 11.1. The van der Waals surface area contributed by atoms with Gasteiger partial charge in [-0.25, -0.2) is 9.37 Å². The standard InChI is InChI=1S/C13H12BrFN4O2/c1-7-12(14)13(21)19(6-17-7)5-11(20)18-10-4-8(15)2-3-9(10)16/h2-4,6H,5,16H2,1H3,(H,18,20). The molecule has 1 aromatic heterocycles. The van der Waals surface area contributed by atoms with Crippen LogP contribution in [0.15, 0.2) is 33.8 Å². The first-order valence-electron chi connectivity index (χ1n) is 5.95. The summed E-state index contributed by atoms with van der Waals surface area (Å²) in [7, 11) is 0. The normalized spacial score (nSPS) is 10.4. The quantitative estimate of drug-likeness (QED) is 0.820. The van der Waals surface area contributed by atoms with Crippen molar-refractivity contribution in [2.45, 2.75) is 13.5 Å². The van der Waals surface area contributed by atoms with Gasteiger partial charge in [-0.1, -0.05) is 0 Å². The minimum Gasteiger partial charge on any atom is -0.397 e. The Balaban J connectivity index is 2.18. The van der Waals surface area contributed by atoms with Crippen LogP contribution in [-0.4, -0.2) is 15.5 Å². The highest BCUT2D eigenvalue weighted by atomic mass is 79.9. The molecule has 0 aliphatic carbocycles. The number of nitrogen functional groups attached to an aromatic ring is 1. The molecule has 21 heavy (non-hydrogen) atoms. The molecule has 0 saturated carbocycles. The highest BCUT2D eigenvalue weighted by Crippen LogP contribution is 2.19. The summed E-state index contributed by atoms with van der Waals surface area (Å²) < 4.78 is 14.5. The van der Waals surface area contributed by atoms with Gasteiger partial charge in [0.2, 0.25) is 5.91 Å². The topological polar surface area (TPSA) is 90.0 Å². The number of hydrogen-bond donors (Lipinski definition) is 2. The molecule has 1 aromatic carbocycles. The van der Waals surface area contributed by atoms with Crippen LogP contribution in [0, 0.1) is 12.7 Å². The van der Waals surface area contributed by atoms with E-state index in [4.69, 9.17) is 5.73 Å². The lowest BCUT2D eigenvalue weighted by Crippen LogP contribution is -2.29. The second-order valence-corrected chi connectivity index (χ2v) is 5.15. The maximum atomic E-state index is 13.1. The summed E-state index contributed by atoms with van der Waals surface area (Å²) in [5.74, 6) is -1.02. The van der Waals surface area contributed by atoms with E-state index in [0.29, 0.717) is 10.2 Å². The average Bonchev–Trinajstić information content (AvgIpc) is 2.43. The molecule has 0 spiro atoms. The van der Waals surface area contributed by atoms with Crippen molar-refractivity contribution in [3.8, 4) is 0 Å². The maximum Gasteiger partial charge on any atom is 0.268 e. The summed E-state index contributed by atoms with van der Waals surface area (Å²) in [6.07, 6.45) is 1.27. The Kier molecular flexibility index (Phi) is 4.37. The minimum absolute atomic E-state index is 0.159. The van der Waals surface area contributed by atoms with Crippen molar-refractivity contribution in [3.05, 3.63) is 50.9 Å². The number of carbonyl (C=O) groups excluding carboxylic acids is 1. The molecular weight excluding hydrogens is 343 g/mol. The van der Waals surface area contributed by atoms with Gasteiger partial charge < -0.3 is 11.1 Å². The lowest BCUT2D eigenvalue weighted by atomic mass is 10.2. The third-order valence-electron chi connectivity index (χ3n) is 2.76. The predicted molar refractivity (Wildman–Crippen MR) is 80.4 cm³/mol. The summed E-state index contributed by atoms with van der Waals surface area (Å²) in [6.45, 7) is 1.42. The molecule has 110 valence electrons. The van der Waals surface area contributed by atoms with Crippen molar-refractivity contribution in [1.29, 1.82) is 0 Å². The second kappa shape index (κ2) is 6.04. The van der Waals surface area contributed by atoms with Gasteiger partial charge in [0.05, 0.1) is 23.4 Å². The number of benzene rings is 1. The SMILES string of the molecule is Cc1ncn(CC(=O)Nc2cc(F)ccc2N)c(=O)c1Br. The molecule has 2 rings (SSSR count). The number of rotatable bonds is 3. The fraction of sp³-hybridized carbons (Fsp3) is 0.154. The Morgan fingerprint density at radius 2 is 2.24 bits per heavy atom. The molecule has 0 aliphatic rings. The summed E-state index contributed by atoms with van der Waals surface area (Å²) in [5, 5.41) is 2.45. The maximum absolute atomic E-state index is 13.1. The molecule has 6 nitrogen and oxygen atoms in total. The summed E-state index contributed by atoms with van der Waals surface area (Å²) in [6, 6.07) is 3.65. The highest BCUT2D eigenvalue weighted by Gasteiger charge is 2.11. The van der Waals surface area contributed by atoms with E-state index in [0.717, 1.165) is 10.6 Å². The van der Waals surface area contributed by atoms with E-state index in [-0.39, 0.29) is 23.5 Å². The van der Waals surface area contributed by atoms with Gasteiger partial charge in [0, 0.05) is 0 Å². The fourth-order valence-electron chi connectivity index (χ4n) is 1.64. The minimum atomic E-state index is -0.517. The number of anilines is 2. The van der Waals surface area contributed by atoms with Crippen LogP contribution in [0.25, 0.3) is 0 Å². The van der Waals surface area contributed by atoms with Crippen LogP contribution >= 0.6 is 15.9 Å². The van der Waals surface area contributed by atoms with E-state index >= 15 is 0 Å². The van der Waals surface area contributed by atoms with Gasteiger partial charge in [-0.3, -0.25) is 14.2 Å². The van der Waals surface area contributed by atoms with Crippen molar-refractivity contribution < 1.29 is 9.18 Å². The third-order valence-corrected chi connectivity index (χ3v) is 3.67. The summed E-state index contributed by atoms with van der Waals surface area (Å²) in [4.78, 5) is 27.8. The van der Waals surface area contributed by atoms with E-state index < -0.39 is 11.7 Å². The van der Waals surface area contributed by atoms with Crippen molar-refractivity contribution in [2.24, 2.45) is 0 Å². The molecule has 3 N–H and O–H groups in total. The van der Waals surface area contributed by atoms with Crippen LogP contribution in [0.1, 0.15) is 5.69 Å². The largest absolute Gasteiger partial charge is 0.397 e. The number of nitrogens with one attached hydrogen (secondary N) is 1. The van der Waals surface area contributed by atoms with Gasteiger partial charge in [0.15, 0.2) is 0 Å². The van der Waals surface area contributed by atoms with Crippen molar-refractivity contribution in [1.82, 2.24) is 9.55 Å². The number of nitrogens with two attached hydrogens (primary N) is 1. The first-order valence-corrected chi connectivity index (χ1v) is 6.74. The second-order valence-electron chi connectivity index (χ2n) is 4.36. The lowest BCUT2D eigenvalue weighted by molar-refractivity contribution is -0.116. The van der Waals surface area contributed by atoms with Crippen molar-refractivity contribution >= 4 is 33.2 Å². The molecule has 0 radical (unpaired) electrons. The molecule has 0 unspecified atom stereocenters. The number of aromatic nitrogens is 2. The van der Waals surface area contributed by atoms with Crippen molar-refractivity contribution in [2.75, 3.05) is 11.1 Å². The van der Waals surface area contributed by atoms with Gasteiger partial charge in [-0.05, 0) is 41.1 Å². The molecule has 1 amide bonds. The molecule has 2 aromatic rings. The fourth-order valence-corrected chi connectivity index (χ4v) is 1.97. The molecule has 0 bridgehead atoms. The monoisotopic (exact) mass is 354 g/mol. The van der Waals surface area contributed by atoms with Crippen LogP contribution in [0.3, 0.4) is 0 Å². The van der Waals surface area contributed by atoms with Gasteiger partial charge in [0.1, 0.15) is 16.8 Å². The van der Waals surface area contributed by atoms with E-state index in [1.165, 1.54) is 18.5 Å². The van der Waals surface area contributed by atoms with Gasteiger partial charge in [-0.15, -0.1) is 0 Å². The van der Waals surface area contributed by atoms with E-state index in [1.807, 2.05) is 0 Å². The average molecular weight is 355 g/mol. The number of nitrogens with zero attached hydrogens (tertiary/aromatic N) is 2. The number of aryl methyl sites for hydroxylation is 1. The summed E-state index contributed by atoms with van der Waals surface area (Å²) in [5.41, 5.74) is 6.19. The summed E-state index contributed by atoms with van der Waals surface area (Å²) >= 11 is 3.11. The smallest absolute Gasteiger partial charge is 0.268 e. The van der Waals surface area contributed by atoms with Crippen LogP contribution < -0.4 is 16.6 Å². The number of amides is 1. The Morgan fingerprint density at radius 3 is 2.95 bits per heavy atom. The van der Waals surface area contributed by atoms with Gasteiger partial charge in [0.25, 0.3) is 5.56 Å². The zero-order valence-corrected chi connectivity index (χ0v) is 12.6. The van der Waals surface area contributed by atoms with Crippen LogP contribution in [-0.2, 0) is 11.3 Å². The number of halogens is 2. The Morgan fingerprint density at radius 1 is 1.52 bits per heavy atom. The van der Waals surface area contributed by atoms with Gasteiger partial charge in [-0.2, -0.15) is 0 Å². The van der Waals surface area contributed by atoms with E-state index in [1.54, 1.807) is 6.92 Å². The van der Waals surface area contributed by atoms with Crippen molar-refractivity contribution in [3.63, 3.8) is 0 Å². The molecule has 0 saturated heterocycles. The molecule has 1 heterocycles. The third kappa shape index (κ3) is 3.46. The predicted octanol–water partition coefficient (Wildman–Crippen LogP) is 1.67. The molecule has 0 aliphatic heterocycles. The van der Waals surface area contributed by atoms with E-state index in [9.17, 15) is 14.0 Å².